The van der Waals surface area contributed by atoms with Gasteiger partial charge in [-0.1, -0.05) is 12.1 Å². The maximum atomic E-state index is 13.6. The van der Waals surface area contributed by atoms with Crippen LogP contribution in [-0.2, 0) is 11.2 Å². The Morgan fingerprint density at radius 2 is 1.95 bits per heavy atom. The number of hydrogen-bond acceptors (Lipinski definition) is 2. The second-order valence-corrected chi connectivity index (χ2v) is 5.39. The van der Waals surface area contributed by atoms with Crippen LogP contribution < -0.4 is 11.1 Å². The summed E-state index contributed by atoms with van der Waals surface area (Å²) in [5, 5.41) is 2.36. The predicted octanol–water partition coefficient (Wildman–Crippen LogP) is 3.88. The van der Waals surface area contributed by atoms with Crippen molar-refractivity contribution in [2.24, 2.45) is 0 Å². The molecule has 2 aromatic carbocycles. The lowest BCUT2D eigenvalue weighted by Gasteiger charge is -2.08. The van der Waals surface area contributed by atoms with Crippen molar-refractivity contribution in [3.8, 4) is 0 Å². The van der Waals surface area contributed by atoms with Gasteiger partial charge in [0.1, 0.15) is 11.6 Å². The van der Waals surface area contributed by atoms with Crippen LogP contribution in [0.15, 0.2) is 40.9 Å². The molecule has 0 aliphatic carbocycles. The minimum Gasteiger partial charge on any atom is -0.399 e. The number of nitrogen functional groups attached to an aromatic ring is 1. The minimum atomic E-state index is -0.694. The Labute approximate surface area is 129 Å². The zero-order valence-electron chi connectivity index (χ0n) is 11.0. The van der Waals surface area contributed by atoms with Crippen molar-refractivity contribution in [1.29, 1.82) is 0 Å². The fraction of sp³-hybridized carbons (Fsp3) is 0.133. The van der Waals surface area contributed by atoms with Gasteiger partial charge in [-0.2, -0.15) is 0 Å². The molecule has 21 heavy (non-hydrogen) atoms. The van der Waals surface area contributed by atoms with Gasteiger partial charge in [0.2, 0.25) is 5.91 Å². The first kappa shape index (κ1) is 15.4. The highest BCUT2D eigenvalue weighted by Crippen LogP contribution is 2.23. The van der Waals surface area contributed by atoms with E-state index < -0.39 is 17.5 Å². The van der Waals surface area contributed by atoms with Gasteiger partial charge >= 0.3 is 0 Å². The third-order valence-corrected chi connectivity index (χ3v) is 3.48. The van der Waals surface area contributed by atoms with Crippen LogP contribution in [0.2, 0.25) is 0 Å². The summed E-state index contributed by atoms with van der Waals surface area (Å²) in [5.41, 5.74) is 7.00. The molecule has 0 aromatic heterocycles. The molecule has 0 aliphatic heterocycles. The smallest absolute Gasteiger partial charge is 0.224 e. The molecule has 2 rings (SSSR count). The Morgan fingerprint density at radius 3 is 2.67 bits per heavy atom. The summed E-state index contributed by atoms with van der Waals surface area (Å²) < 4.78 is 26.9. The Hall–Kier alpha value is -1.95. The maximum absolute atomic E-state index is 13.6. The molecule has 110 valence electrons. The summed E-state index contributed by atoms with van der Waals surface area (Å²) in [6.45, 7) is 0. The fourth-order valence-corrected chi connectivity index (χ4v) is 2.15. The van der Waals surface area contributed by atoms with Crippen molar-refractivity contribution in [3.63, 3.8) is 0 Å². The van der Waals surface area contributed by atoms with Gasteiger partial charge in [0.05, 0.1) is 10.2 Å². The van der Waals surface area contributed by atoms with Crippen LogP contribution in [0.5, 0.6) is 0 Å². The molecule has 3 N–H and O–H groups in total. The van der Waals surface area contributed by atoms with Gasteiger partial charge in [-0.15, -0.1) is 0 Å². The van der Waals surface area contributed by atoms with E-state index in [-0.39, 0.29) is 16.6 Å². The fourth-order valence-electron chi connectivity index (χ4n) is 1.84. The van der Waals surface area contributed by atoms with Gasteiger partial charge in [0, 0.05) is 18.2 Å². The van der Waals surface area contributed by atoms with E-state index in [1.807, 2.05) is 6.07 Å². The van der Waals surface area contributed by atoms with Crippen LogP contribution in [0, 0.1) is 11.6 Å². The van der Waals surface area contributed by atoms with Crippen LogP contribution >= 0.6 is 15.9 Å². The van der Waals surface area contributed by atoms with E-state index in [1.165, 1.54) is 0 Å². The molecule has 0 unspecified atom stereocenters. The summed E-state index contributed by atoms with van der Waals surface area (Å²) >= 11 is 2.87. The minimum absolute atomic E-state index is 0.0118. The molecule has 0 spiro atoms. The Kier molecular flexibility index (Phi) is 4.90. The van der Waals surface area contributed by atoms with Crippen molar-refractivity contribution in [1.82, 2.24) is 0 Å². The zero-order chi connectivity index (χ0) is 15.4. The number of anilines is 2. The summed E-state index contributed by atoms with van der Waals surface area (Å²) in [6, 6.07) is 9.09. The standard InChI is InChI=1S/C15H13BrF2N2O/c16-11-7-13(18)14(8-12(11)17)20-15(21)5-4-9-2-1-3-10(19)6-9/h1-3,6-8H,4-5,19H2,(H,20,21). The lowest BCUT2D eigenvalue weighted by atomic mass is 10.1. The van der Waals surface area contributed by atoms with E-state index in [9.17, 15) is 13.6 Å². The zero-order valence-corrected chi connectivity index (χ0v) is 12.6. The summed E-state index contributed by atoms with van der Waals surface area (Å²) in [7, 11) is 0. The van der Waals surface area contributed by atoms with Crippen molar-refractivity contribution in [2.45, 2.75) is 12.8 Å². The van der Waals surface area contributed by atoms with Crippen molar-refractivity contribution in [2.75, 3.05) is 11.1 Å². The largest absolute Gasteiger partial charge is 0.399 e. The second kappa shape index (κ2) is 6.67. The molecule has 0 saturated carbocycles. The normalized spacial score (nSPS) is 10.4. The molecule has 0 radical (unpaired) electrons. The van der Waals surface area contributed by atoms with Crippen molar-refractivity contribution >= 4 is 33.2 Å². The first-order chi connectivity index (χ1) is 9.95. The van der Waals surface area contributed by atoms with Crippen LogP contribution in [0.1, 0.15) is 12.0 Å². The summed E-state index contributed by atoms with van der Waals surface area (Å²) in [4.78, 5) is 11.8. The molecule has 0 saturated heterocycles. The SMILES string of the molecule is Nc1cccc(CCC(=O)Nc2cc(F)c(Br)cc2F)c1. The number of aryl methyl sites for hydroxylation is 1. The number of carbonyl (C=O) groups is 1. The van der Waals surface area contributed by atoms with E-state index >= 15 is 0 Å². The van der Waals surface area contributed by atoms with Crippen molar-refractivity contribution < 1.29 is 13.6 Å². The quantitative estimate of drug-likeness (QED) is 0.646. The highest BCUT2D eigenvalue weighted by Gasteiger charge is 2.11. The lowest BCUT2D eigenvalue weighted by molar-refractivity contribution is -0.116. The molecule has 0 fully saturated rings. The first-order valence-electron chi connectivity index (χ1n) is 6.24. The third-order valence-electron chi connectivity index (χ3n) is 2.88. The van der Waals surface area contributed by atoms with E-state index in [4.69, 9.17) is 5.73 Å². The van der Waals surface area contributed by atoms with Gasteiger partial charge in [0.25, 0.3) is 0 Å². The second-order valence-electron chi connectivity index (χ2n) is 4.54. The lowest BCUT2D eigenvalue weighted by Crippen LogP contribution is -2.13. The molecule has 0 heterocycles. The van der Waals surface area contributed by atoms with E-state index in [0.717, 1.165) is 17.7 Å². The molecule has 0 aliphatic rings. The molecule has 0 atom stereocenters. The molecule has 2 aromatic rings. The molecule has 0 bridgehead atoms. The average molecular weight is 355 g/mol. The van der Waals surface area contributed by atoms with Crippen LogP contribution in [0.25, 0.3) is 0 Å². The Morgan fingerprint density at radius 1 is 1.19 bits per heavy atom. The molecule has 3 nitrogen and oxygen atoms in total. The average Bonchev–Trinajstić information content (AvgIpc) is 2.43. The van der Waals surface area contributed by atoms with Crippen LogP contribution in [-0.4, -0.2) is 5.91 Å². The molecule has 1 amide bonds. The summed E-state index contributed by atoms with van der Waals surface area (Å²) in [5.74, 6) is -1.72. The number of nitrogens with one attached hydrogen (secondary N) is 1. The first-order valence-corrected chi connectivity index (χ1v) is 7.04. The van der Waals surface area contributed by atoms with E-state index in [0.29, 0.717) is 12.1 Å². The Bertz CT molecular complexity index is 677. The maximum Gasteiger partial charge on any atom is 0.224 e. The Balaban J connectivity index is 1.97. The van der Waals surface area contributed by atoms with Crippen molar-refractivity contribution in [3.05, 3.63) is 58.1 Å². The highest BCUT2D eigenvalue weighted by molar-refractivity contribution is 9.10. The number of carbonyl (C=O) groups excluding carboxylic acids is 1. The third kappa shape index (κ3) is 4.26. The van der Waals surface area contributed by atoms with Gasteiger partial charge in [-0.25, -0.2) is 8.78 Å². The van der Waals surface area contributed by atoms with Gasteiger partial charge < -0.3 is 11.1 Å². The highest BCUT2D eigenvalue weighted by atomic mass is 79.9. The number of benzene rings is 2. The van der Waals surface area contributed by atoms with Crippen LogP contribution in [0.4, 0.5) is 20.2 Å². The predicted molar refractivity (Wildman–Crippen MR) is 81.9 cm³/mol. The van der Waals surface area contributed by atoms with E-state index in [1.54, 1.807) is 18.2 Å². The molecular formula is C15H13BrF2N2O. The number of halogens is 3. The molecule has 6 heteroatoms. The van der Waals surface area contributed by atoms with Gasteiger partial charge in [-0.3, -0.25) is 4.79 Å². The van der Waals surface area contributed by atoms with E-state index in [2.05, 4.69) is 21.2 Å². The summed E-state index contributed by atoms with van der Waals surface area (Å²) in [6.07, 6.45) is 0.623. The van der Waals surface area contributed by atoms with Gasteiger partial charge in [0.15, 0.2) is 0 Å². The number of rotatable bonds is 4. The van der Waals surface area contributed by atoms with Crippen LogP contribution in [0.3, 0.4) is 0 Å². The molecular weight excluding hydrogens is 342 g/mol. The number of nitrogens with two attached hydrogens (primary N) is 1. The topological polar surface area (TPSA) is 55.1 Å². The van der Waals surface area contributed by atoms with Gasteiger partial charge in [-0.05, 0) is 46.1 Å². The monoisotopic (exact) mass is 354 g/mol. The number of amides is 1. The number of hydrogen-bond donors (Lipinski definition) is 2.